The first-order valence-electron chi connectivity index (χ1n) is 5.31. The van der Waals surface area contributed by atoms with Crippen LogP contribution in [0, 0.1) is 0 Å². The zero-order valence-corrected chi connectivity index (χ0v) is 9.60. The Morgan fingerprint density at radius 1 is 1.35 bits per heavy atom. The average Bonchev–Trinajstić information content (AvgIpc) is 2.35. The van der Waals surface area contributed by atoms with E-state index in [0.717, 1.165) is 16.6 Å². The highest BCUT2D eigenvalue weighted by atomic mass is 16.1. The first-order valence-corrected chi connectivity index (χ1v) is 5.31. The van der Waals surface area contributed by atoms with E-state index >= 15 is 0 Å². The van der Waals surface area contributed by atoms with E-state index < -0.39 is 0 Å². The topological polar surface area (TPSA) is 54.9 Å². The fraction of sp³-hybridized carbons (Fsp3) is 0.154. The lowest BCUT2D eigenvalue weighted by Crippen LogP contribution is -2.25. The smallest absolute Gasteiger partial charge is 0.271 e. The molecule has 0 saturated carbocycles. The number of fused-ring (bicyclic) bond motifs is 1. The lowest BCUT2D eigenvalue weighted by Gasteiger charge is -2.04. The van der Waals surface area contributed by atoms with Gasteiger partial charge in [-0.15, -0.1) is 0 Å². The molecule has 0 atom stereocenters. The van der Waals surface area contributed by atoms with E-state index in [1.807, 2.05) is 31.2 Å². The lowest BCUT2D eigenvalue weighted by molar-refractivity contribution is 0.0952. The molecular formula is C13H13N3O. The summed E-state index contributed by atoms with van der Waals surface area (Å²) in [5.74, 6) is -0.230. The number of hydrogen-bond acceptors (Lipinski definition) is 3. The number of hydrogen-bond donors (Lipinski definition) is 1. The molecule has 0 fully saturated rings. The number of carbonyl (C=O) groups excluding carboxylic acids is 1. The Bertz CT molecular complexity index is 578. The van der Waals surface area contributed by atoms with E-state index in [0.29, 0.717) is 12.2 Å². The van der Waals surface area contributed by atoms with Crippen LogP contribution >= 0.6 is 0 Å². The van der Waals surface area contributed by atoms with Gasteiger partial charge in [-0.1, -0.05) is 24.3 Å². The van der Waals surface area contributed by atoms with Gasteiger partial charge in [0.25, 0.3) is 5.91 Å². The maximum absolute atomic E-state index is 11.7. The van der Waals surface area contributed by atoms with Crippen LogP contribution in [0.2, 0.25) is 0 Å². The van der Waals surface area contributed by atoms with E-state index in [1.54, 1.807) is 0 Å². The van der Waals surface area contributed by atoms with Crippen molar-refractivity contribution in [2.45, 2.75) is 6.92 Å². The van der Waals surface area contributed by atoms with Crippen LogP contribution in [0.4, 0.5) is 0 Å². The van der Waals surface area contributed by atoms with Gasteiger partial charge in [0.1, 0.15) is 5.69 Å². The number of benzene rings is 1. The maximum Gasteiger partial charge on any atom is 0.271 e. The normalized spacial score (nSPS) is 10.2. The van der Waals surface area contributed by atoms with Crippen molar-refractivity contribution in [1.29, 1.82) is 0 Å². The predicted molar refractivity (Wildman–Crippen MR) is 66.7 cm³/mol. The molecule has 1 aromatic carbocycles. The third-order valence-corrected chi connectivity index (χ3v) is 2.23. The summed E-state index contributed by atoms with van der Waals surface area (Å²) in [7, 11) is 0. The largest absolute Gasteiger partial charge is 0.347 e. The second-order valence-corrected chi connectivity index (χ2v) is 3.88. The van der Waals surface area contributed by atoms with Gasteiger partial charge in [0, 0.05) is 6.54 Å². The van der Waals surface area contributed by atoms with Crippen molar-refractivity contribution in [3.8, 4) is 0 Å². The van der Waals surface area contributed by atoms with Gasteiger partial charge >= 0.3 is 0 Å². The van der Waals surface area contributed by atoms with Crippen LogP contribution in [0.5, 0.6) is 0 Å². The van der Waals surface area contributed by atoms with Crippen LogP contribution in [0.15, 0.2) is 42.6 Å². The Balaban J connectivity index is 2.24. The van der Waals surface area contributed by atoms with Gasteiger partial charge < -0.3 is 5.32 Å². The van der Waals surface area contributed by atoms with Gasteiger partial charge in [-0.05, 0) is 19.1 Å². The third kappa shape index (κ3) is 2.66. The van der Waals surface area contributed by atoms with E-state index in [4.69, 9.17) is 0 Å². The van der Waals surface area contributed by atoms with Crippen molar-refractivity contribution < 1.29 is 4.79 Å². The Kier molecular flexibility index (Phi) is 3.14. The van der Waals surface area contributed by atoms with E-state index in [1.165, 1.54) is 6.20 Å². The zero-order chi connectivity index (χ0) is 12.3. The Morgan fingerprint density at radius 2 is 2.06 bits per heavy atom. The molecule has 1 N–H and O–H groups in total. The second-order valence-electron chi connectivity index (χ2n) is 3.88. The highest BCUT2D eigenvalue weighted by molar-refractivity contribution is 5.93. The average molecular weight is 227 g/mol. The molecule has 1 aromatic heterocycles. The van der Waals surface area contributed by atoms with Crippen molar-refractivity contribution in [2.24, 2.45) is 0 Å². The standard InChI is InChI=1S/C13H13N3O/c1-9(2)7-15-13(17)12-8-14-10-5-3-4-6-11(10)16-12/h3-6,8H,1,7H2,2H3,(H,15,17). The number of amides is 1. The number of nitrogens with zero attached hydrogens (tertiary/aromatic N) is 2. The minimum Gasteiger partial charge on any atom is -0.347 e. The Morgan fingerprint density at radius 3 is 2.76 bits per heavy atom. The highest BCUT2D eigenvalue weighted by Gasteiger charge is 2.07. The Labute approximate surface area is 99.4 Å². The first-order chi connectivity index (χ1) is 8.16. The number of nitrogens with one attached hydrogen (secondary N) is 1. The van der Waals surface area contributed by atoms with Crippen molar-refractivity contribution in [1.82, 2.24) is 15.3 Å². The van der Waals surface area contributed by atoms with Gasteiger partial charge in [-0.25, -0.2) is 4.98 Å². The summed E-state index contributed by atoms with van der Waals surface area (Å²) >= 11 is 0. The third-order valence-electron chi connectivity index (χ3n) is 2.23. The first kappa shape index (κ1) is 11.3. The number of para-hydroxylation sites is 2. The fourth-order valence-electron chi connectivity index (χ4n) is 1.39. The molecule has 0 bridgehead atoms. The summed E-state index contributed by atoms with van der Waals surface area (Å²) in [4.78, 5) is 20.2. The summed E-state index contributed by atoms with van der Waals surface area (Å²) in [6, 6.07) is 7.44. The molecule has 4 nitrogen and oxygen atoms in total. The molecule has 0 spiro atoms. The fourth-order valence-corrected chi connectivity index (χ4v) is 1.39. The van der Waals surface area contributed by atoms with E-state index in [9.17, 15) is 4.79 Å². The van der Waals surface area contributed by atoms with Crippen LogP contribution in [-0.4, -0.2) is 22.4 Å². The van der Waals surface area contributed by atoms with Gasteiger partial charge in [-0.2, -0.15) is 0 Å². The predicted octanol–water partition coefficient (Wildman–Crippen LogP) is 1.94. The molecule has 4 heteroatoms. The van der Waals surface area contributed by atoms with Crippen LogP contribution in [0.1, 0.15) is 17.4 Å². The number of carbonyl (C=O) groups is 1. The molecule has 2 rings (SSSR count). The summed E-state index contributed by atoms with van der Waals surface area (Å²) in [6.45, 7) is 6.03. The molecule has 0 aliphatic rings. The van der Waals surface area contributed by atoms with Gasteiger partial charge in [0.2, 0.25) is 0 Å². The van der Waals surface area contributed by atoms with Crippen LogP contribution in [0.3, 0.4) is 0 Å². The van der Waals surface area contributed by atoms with Gasteiger partial charge in [-0.3, -0.25) is 9.78 Å². The molecule has 17 heavy (non-hydrogen) atoms. The molecule has 86 valence electrons. The van der Waals surface area contributed by atoms with Crippen LogP contribution in [0.25, 0.3) is 11.0 Å². The zero-order valence-electron chi connectivity index (χ0n) is 9.60. The maximum atomic E-state index is 11.7. The molecule has 1 heterocycles. The van der Waals surface area contributed by atoms with Crippen molar-refractivity contribution in [3.05, 3.63) is 48.3 Å². The summed E-state index contributed by atoms with van der Waals surface area (Å²) in [5, 5.41) is 2.72. The molecule has 0 saturated heterocycles. The molecular weight excluding hydrogens is 214 g/mol. The summed E-state index contributed by atoms with van der Waals surface area (Å²) in [5.41, 5.74) is 2.72. The summed E-state index contributed by atoms with van der Waals surface area (Å²) < 4.78 is 0. The van der Waals surface area contributed by atoms with E-state index in [-0.39, 0.29) is 5.91 Å². The minimum atomic E-state index is -0.230. The highest BCUT2D eigenvalue weighted by Crippen LogP contribution is 2.08. The molecule has 0 aliphatic carbocycles. The molecule has 0 radical (unpaired) electrons. The van der Waals surface area contributed by atoms with Crippen molar-refractivity contribution in [2.75, 3.05) is 6.54 Å². The number of rotatable bonds is 3. The van der Waals surface area contributed by atoms with E-state index in [2.05, 4.69) is 21.9 Å². The second kappa shape index (κ2) is 4.74. The quantitative estimate of drug-likeness (QED) is 0.815. The molecule has 0 unspecified atom stereocenters. The lowest BCUT2D eigenvalue weighted by atomic mass is 10.3. The minimum absolute atomic E-state index is 0.230. The molecule has 1 amide bonds. The van der Waals surface area contributed by atoms with Crippen molar-refractivity contribution >= 4 is 16.9 Å². The number of aromatic nitrogens is 2. The molecule has 0 aliphatic heterocycles. The van der Waals surface area contributed by atoms with Gasteiger partial charge in [0.15, 0.2) is 0 Å². The Hall–Kier alpha value is -2.23. The van der Waals surface area contributed by atoms with Crippen LogP contribution in [-0.2, 0) is 0 Å². The molecule has 2 aromatic rings. The SMILES string of the molecule is C=C(C)CNC(=O)c1cnc2ccccc2n1. The van der Waals surface area contributed by atoms with Crippen LogP contribution < -0.4 is 5.32 Å². The van der Waals surface area contributed by atoms with Crippen molar-refractivity contribution in [3.63, 3.8) is 0 Å². The summed E-state index contributed by atoms with van der Waals surface area (Å²) in [6.07, 6.45) is 1.48. The van der Waals surface area contributed by atoms with Gasteiger partial charge in [0.05, 0.1) is 17.2 Å². The monoisotopic (exact) mass is 227 g/mol.